The zero-order valence-corrected chi connectivity index (χ0v) is 12.0. The van der Waals surface area contributed by atoms with Crippen molar-refractivity contribution in [2.45, 2.75) is 26.4 Å². The molecular formula is C16H19NO3. The lowest BCUT2D eigenvalue weighted by Crippen LogP contribution is -2.30. The normalized spacial score (nSPS) is 12.4. The molecule has 0 radical (unpaired) electrons. The van der Waals surface area contributed by atoms with E-state index >= 15 is 0 Å². The summed E-state index contributed by atoms with van der Waals surface area (Å²) in [6.45, 7) is 4.09. The second kappa shape index (κ2) is 6.37. The van der Waals surface area contributed by atoms with Crippen LogP contribution in [0.3, 0.4) is 0 Å². The summed E-state index contributed by atoms with van der Waals surface area (Å²) < 4.78 is 10.6. The zero-order chi connectivity index (χ0) is 14.5. The summed E-state index contributed by atoms with van der Waals surface area (Å²) in [5, 5.41) is 2.07. The van der Waals surface area contributed by atoms with Gasteiger partial charge in [-0.1, -0.05) is 19.9 Å². The van der Waals surface area contributed by atoms with Crippen LogP contribution in [0.25, 0.3) is 10.8 Å². The van der Waals surface area contributed by atoms with Gasteiger partial charge in [0.1, 0.15) is 5.75 Å². The van der Waals surface area contributed by atoms with Crippen LogP contribution in [0.1, 0.15) is 20.3 Å². The number of esters is 1. The molecule has 1 atom stereocenters. The van der Waals surface area contributed by atoms with Crippen LogP contribution in [0, 0.1) is 5.92 Å². The minimum atomic E-state index is -0.575. The van der Waals surface area contributed by atoms with Gasteiger partial charge in [-0.2, -0.15) is 0 Å². The second-order valence-electron chi connectivity index (χ2n) is 5.14. The van der Waals surface area contributed by atoms with Crippen LogP contribution >= 0.6 is 0 Å². The molecule has 0 saturated carbocycles. The lowest BCUT2D eigenvalue weighted by atomic mass is 10.1. The molecule has 0 aliphatic rings. The Morgan fingerprint density at radius 3 is 2.75 bits per heavy atom. The third-order valence-corrected chi connectivity index (χ3v) is 3.04. The lowest BCUT2D eigenvalue weighted by molar-refractivity contribution is -0.149. The Morgan fingerprint density at radius 2 is 2.05 bits per heavy atom. The third-order valence-electron chi connectivity index (χ3n) is 3.04. The van der Waals surface area contributed by atoms with E-state index < -0.39 is 6.10 Å². The summed E-state index contributed by atoms with van der Waals surface area (Å²) in [6.07, 6.45) is 3.57. The molecule has 1 unspecified atom stereocenters. The Kier molecular flexibility index (Phi) is 4.56. The minimum Gasteiger partial charge on any atom is -0.479 e. The predicted molar refractivity (Wildman–Crippen MR) is 77.6 cm³/mol. The van der Waals surface area contributed by atoms with Crippen LogP contribution in [0.4, 0.5) is 0 Å². The SMILES string of the molecule is COC(=O)C(CC(C)C)Oc1ccc2ccncc2c1. The highest BCUT2D eigenvalue weighted by molar-refractivity contribution is 5.83. The van der Waals surface area contributed by atoms with Gasteiger partial charge in [0, 0.05) is 17.8 Å². The molecule has 1 heterocycles. The van der Waals surface area contributed by atoms with Crippen molar-refractivity contribution in [3.05, 3.63) is 36.7 Å². The van der Waals surface area contributed by atoms with Crippen LogP contribution < -0.4 is 4.74 Å². The van der Waals surface area contributed by atoms with Crippen molar-refractivity contribution < 1.29 is 14.3 Å². The molecule has 2 aromatic rings. The van der Waals surface area contributed by atoms with Crippen LogP contribution in [-0.2, 0) is 9.53 Å². The number of hydrogen-bond acceptors (Lipinski definition) is 4. The number of ether oxygens (including phenoxy) is 2. The fourth-order valence-corrected chi connectivity index (χ4v) is 2.05. The number of carbonyl (C=O) groups is 1. The van der Waals surface area contributed by atoms with Gasteiger partial charge in [0.2, 0.25) is 0 Å². The summed E-state index contributed by atoms with van der Waals surface area (Å²) in [6, 6.07) is 7.64. The van der Waals surface area contributed by atoms with Crippen LogP contribution in [0.15, 0.2) is 36.7 Å². The van der Waals surface area contributed by atoms with Crippen molar-refractivity contribution in [1.29, 1.82) is 0 Å². The average Bonchev–Trinajstić information content (AvgIpc) is 2.45. The van der Waals surface area contributed by atoms with Crippen molar-refractivity contribution in [2.75, 3.05) is 7.11 Å². The fourth-order valence-electron chi connectivity index (χ4n) is 2.05. The van der Waals surface area contributed by atoms with E-state index in [1.54, 1.807) is 12.4 Å². The van der Waals surface area contributed by atoms with E-state index in [4.69, 9.17) is 9.47 Å². The van der Waals surface area contributed by atoms with E-state index in [9.17, 15) is 4.79 Å². The van der Waals surface area contributed by atoms with Gasteiger partial charge >= 0.3 is 5.97 Å². The Bertz CT molecular complexity index is 595. The molecule has 0 amide bonds. The number of aromatic nitrogens is 1. The Morgan fingerprint density at radius 1 is 1.25 bits per heavy atom. The molecule has 1 aromatic carbocycles. The first-order valence-electron chi connectivity index (χ1n) is 6.68. The highest BCUT2D eigenvalue weighted by Crippen LogP contribution is 2.22. The number of pyridine rings is 1. The van der Waals surface area contributed by atoms with Crippen molar-refractivity contribution in [2.24, 2.45) is 5.92 Å². The van der Waals surface area contributed by atoms with Crippen LogP contribution in [0.2, 0.25) is 0 Å². The van der Waals surface area contributed by atoms with Crippen LogP contribution in [-0.4, -0.2) is 24.2 Å². The molecule has 106 valence electrons. The molecule has 0 spiro atoms. The highest BCUT2D eigenvalue weighted by atomic mass is 16.6. The molecule has 4 heteroatoms. The summed E-state index contributed by atoms with van der Waals surface area (Å²) >= 11 is 0. The molecule has 0 aliphatic heterocycles. The van der Waals surface area contributed by atoms with E-state index in [0.29, 0.717) is 18.1 Å². The minimum absolute atomic E-state index is 0.343. The van der Waals surface area contributed by atoms with Gasteiger partial charge < -0.3 is 9.47 Å². The van der Waals surface area contributed by atoms with Gasteiger partial charge in [-0.15, -0.1) is 0 Å². The molecule has 0 saturated heterocycles. The van der Waals surface area contributed by atoms with Gasteiger partial charge in [0.05, 0.1) is 7.11 Å². The third kappa shape index (κ3) is 3.47. The van der Waals surface area contributed by atoms with E-state index in [-0.39, 0.29) is 5.97 Å². The van der Waals surface area contributed by atoms with Gasteiger partial charge in [-0.05, 0) is 35.9 Å². The number of fused-ring (bicyclic) bond motifs is 1. The Hall–Kier alpha value is -2.10. The molecule has 0 aliphatic carbocycles. The number of nitrogens with zero attached hydrogens (tertiary/aromatic N) is 1. The van der Waals surface area contributed by atoms with Crippen molar-refractivity contribution in [3.8, 4) is 5.75 Å². The zero-order valence-electron chi connectivity index (χ0n) is 12.0. The maximum Gasteiger partial charge on any atom is 0.347 e. The number of carbonyl (C=O) groups excluding carboxylic acids is 1. The highest BCUT2D eigenvalue weighted by Gasteiger charge is 2.22. The first-order chi connectivity index (χ1) is 9.60. The maximum absolute atomic E-state index is 11.8. The number of methoxy groups -OCH3 is 1. The average molecular weight is 273 g/mol. The summed E-state index contributed by atoms with van der Waals surface area (Å²) in [7, 11) is 1.38. The smallest absolute Gasteiger partial charge is 0.347 e. The van der Waals surface area contributed by atoms with Crippen molar-refractivity contribution >= 4 is 16.7 Å². The van der Waals surface area contributed by atoms with E-state index in [2.05, 4.69) is 4.98 Å². The molecule has 0 N–H and O–H groups in total. The molecular weight excluding hydrogens is 254 g/mol. The molecule has 1 aromatic heterocycles. The molecule has 0 fully saturated rings. The molecule has 4 nitrogen and oxygen atoms in total. The molecule has 2 rings (SSSR count). The van der Waals surface area contributed by atoms with E-state index in [0.717, 1.165) is 10.8 Å². The lowest BCUT2D eigenvalue weighted by Gasteiger charge is -2.18. The molecule has 20 heavy (non-hydrogen) atoms. The fraction of sp³-hybridized carbons (Fsp3) is 0.375. The number of benzene rings is 1. The van der Waals surface area contributed by atoms with Crippen molar-refractivity contribution in [3.63, 3.8) is 0 Å². The van der Waals surface area contributed by atoms with Gasteiger partial charge in [0.25, 0.3) is 0 Å². The summed E-state index contributed by atoms with van der Waals surface area (Å²) in [5.41, 5.74) is 0. The first kappa shape index (κ1) is 14.3. The Balaban J connectivity index is 2.21. The number of hydrogen-bond donors (Lipinski definition) is 0. The Labute approximate surface area is 118 Å². The topological polar surface area (TPSA) is 48.4 Å². The monoisotopic (exact) mass is 273 g/mol. The number of rotatable bonds is 5. The van der Waals surface area contributed by atoms with Crippen LogP contribution in [0.5, 0.6) is 5.75 Å². The molecule has 0 bridgehead atoms. The van der Waals surface area contributed by atoms with E-state index in [1.165, 1.54) is 7.11 Å². The second-order valence-corrected chi connectivity index (χ2v) is 5.14. The standard InChI is InChI=1S/C16H19NO3/c1-11(2)8-15(16(18)19-3)20-14-5-4-12-6-7-17-10-13(12)9-14/h4-7,9-11,15H,8H2,1-3H3. The first-order valence-corrected chi connectivity index (χ1v) is 6.68. The van der Waals surface area contributed by atoms with Gasteiger partial charge in [-0.25, -0.2) is 4.79 Å². The summed E-state index contributed by atoms with van der Waals surface area (Å²) in [4.78, 5) is 15.8. The largest absolute Gasteiger partial charge is 0.479 e. The maximum atomic E-state index is 11.8. The predicted octanol–water partition coefficient (Wildman–Crippen LogP) is 3.20. The van der Waals surface area contributed by atoms with Gasteiger partial charge in [0.15, 0.2) is 6.10 Å². The summed E-state index contributed by atoms with van der Waals surface area (Å²) in [5.74, 6) is 0.660. The van der Waals surface area contributed by atoms with Gasteiger partial charge in [-0.3, -0.25) is 4.98 Å². The van der Waals surface area contributed by atoms with E-state index in [1.807, 2.05) is 38.1 Å². The quantitative estimate of drug-likeness (QED) is 0.785. The van der Waals surface area contributed by atoms with Crippen molar-refractivity contribution in [1.82, 2.24) is 4.98 Å².